The third-order valence-corrected chi connectivity index (χ3v) is 2.60. The van der Waals surface area contributed by atoms with Crippen molar-refractivity contribution in [3.8, 4) is 0 Å². The molecular formula is C8H10BrF3O3. The summed E-state index contributed by atoms with van der Waals surface area (Å²) in [4.78, 5) is 10.5. The maximum absolute atomic E-state index is 12.5. The van der Waals surface area contributed by atoms with Crippen LogP contribution in [-0.4, -0.2) is 28.0 Å². The standard InChI is InChI=1S/C8H10BrF3O3/c1-3-5(4(2)9)7(15,6(13)14)8(10,11)12/h5,15H,2-3H2,1H3,(H,13,14). The Hall–Kier alpha value is -0.560. The van der Waals surface area contributed by atoms with Crippen LogP contribution in [0.1, 0.15) is 13.3 Å². The van der Waals surface area contributed by atoms with E-state index >= 15 is 0 Å². The number of hydrogen-bond donors (Lipinski definition) is 2. The second kappa shape index (κ2) is 4.52. The fourth-order valence-electron chi connectivity index (χ4n) is 1.21. The molecule has 0 amide bonds. The van der Waals surface area contributed by atoms with Crippen LogP contribution in [0.15, 0.2) is 11.1 Å². The molecule has 0 bridgehead atoms. The van der Waals surface area contributed by atoms with E-state index in [2.05, 4.69) is 22.5 Å². The molecule has 88 valence electrons. The van der Waals surface area contributed by atoms with Crippen molar-refractivity contribution in [2.45, 2.75) is 25.1 Å². The van der Waals surface area contributed by atoms with Gasteiger partial charge in [0.15, 0.2) is 0 Å². The lowest BCUT2D eigenvalue weighted by atomic mass is 9.84. The Morgan fingerprint density at radius 1 is 1.53 bits per heavy atom. The molecule has 2 N–H and O–H groups in total. The van der Waals surface area contributed by atoms with Crippen LogP contribution in [0, 0.1) is 5.92 Å². The van der Waals surface area contributed by atoms with Crippen LogP contribution < -0.4 is 0 Å². The molecule has 2 unspecified atom stereocenters. The molecule has 0 aromatic heterocycles. The first-order chi connectivity index (χ1) is 6.59. The highest BCUT2D eigenvalue weighted by atomic mass is 79.9. The Morgan fingerprint density at radius 2 is 1.93 bits per heavy atom. The zero-order valence-electron chi connectivity index (χ0n) is 7.81. The summed E-state index contributed by atoms with van der Waals surface area (Å²) in [6, 6.07) is 0. The smallest absolute Gasteiger partial charge is 0.428 e. The molecule has 3 nitrogen and oxygen atoms in total. The highest BCUT2D eigenvalue weighted by Crippen LogP contribution is 2.42. The number of carboxylic acids is 1. The minimum Gasteiger partial charge on any atom is -0.479 e. The van der Waals surface area contributed by atoms with Gasteiger partial charge in [0.1, 0.15) is 0 Å². The zero-order chi connectivity index (χ0) is 12.4. The molecule has 0 aliphatic rings. The summed E-state index contributed by atoms with van der Waals surface area (Å²) < 4.78 is 37.2. The monoisotopic (exact) mass is 290 g/mol. The number of aliphatic hydroxyl groups is 1. The van der Waals surface area contributed by atoms with Gasteiger partial charge in [-0.05, 0) is 10.9 Å². The van der Waals surface area contributed by atoms with Crippen molar-refractivity contribution in [2.24, 2.45) is 5.92 Å². The molecule has 0 saturated heterocycles. The predicted octanol–water partition coefficient (Wildman–Crippen LogP) is 2.30. The summed E-state index contributed by atoms with van der Waals surface area (Å²) in [6.07, 6.45) is -5.46. The van der Waals surface area contributed by atoms with Crippen molar-refractivity contribution >= 4 is 21.9 Å². The van der Waals surface area contributed by atoms with Crippen LogP contribution in [0.25, 0.3) is 0 Å². The fraction of sp³-hybridized carbons (Fsp3) is 0.625. The van der Waals surface area contributed by atoms with E-state index in [1.165, 1.54) is 6.92 Å². The van der Waals surface area contributed by atoms with Gasteiger partial charge in [-0.25, -0.2) is 4.79 Å². The van der Waals surface area contributed by atoms with Gasteiger partial charge in [-0.1, -0.05) is 29.4 Å². The van der Waals surface area contributed by atoms with Crippen LogP contribution in [-0.2, 0) is 4.79 Å². The molecule has 7 heteroatoms. The van der Waals surface area contributed by atoms with Crippen molar-refractivity contribution in [2.75, 3.05) is 0 Å². The van der Waals surface area contributed by atoms with Gasteiger partial charge in [0, 0.05) is 5.92 Å². The topological polar surface area (TPSA) is 57.5 Å². The van der Waals surface area contributed by atoms with E-state index in [-0.39, 0.29) is 10.9 Å². The molecule has 2 atom stereocenters. The number of carbonyl (C=O) groups is 1. The van der Waals surface area contributed by atoms with Gasteiger partial charge in [0.25, 0.3) is 5.60 Å². The SMILES string of the molecule is C=C(Br)C(CC)C(O)(C(=O)O)C(F)(F)F. The minimum atomic E-state index is -5.25. The van der Waals surface area contributed by atoms with Crippen molar-refractivity contribution in [3.05, 3.63) is 11.1 Å². The normalized spacial score (nSPS) is 18.0. The van der Waals surface area contributed by atoms with Gasteiger partial charge in [-0.3, -0.25) is 0 Å². The van der Waals surface area contributed by atoms with Gasteiger partial charge in [0.2, 0.25) is 0 Å². The Kier molecular flexibility index (Phi) is 4.36. The molecule has 0 rings (SSSR count). The lowest BCUT2D eigenvalue weighted by molar-refractivity contribution is -0.272. The average Bonchev–Trinajstić information content (AvgIpc) is 2.01. The Balaban J connectivity index is 5.47. The van der Waals surface area contributed by atoms with E-state index in [1.54, 1.807) is 0 Å². The zero-order valence-corrected chi connectivity index (χ0v) is 9.39. The number of carboxylic acid groups (broad SMARTS) is 1. The average molecular weight is 291 g/mol. The molecule has 0 aromatic carbocycles. The molecule has 15 heavy (non-hydrogen) atoms. The van der Waals surface area contributed by atoms with Crippen LogP contribution in [0.2, 0.25) is 0 Å². The van der Waals surface area contributed by atoms with Gasteiger partial charge in [0.05, 0.1) is 0 Å². The molecular weight excluding hydrogens is 281 g/mol. The maximum Gasteiger partial charge on any atom is 0.428 e. The molecule has 0 saturated carbocycles. The van der Waals surface area contributed by atoms with Crippen LogP contribution in [0.5, 0.6) is 0 Å². The van der Waals surface area contributed by atoms with E-state index in [0.717, 1.165) is 0 Å². The van der Waals surface area contributed by atoms with Gasteiger partial charge < -0.3 is 10.2 Å². The number of hydrogen-bond acceptors (Lipinski definition) is 2. The van der Waals surface area contributed by atoms with Crippen molar-refractivity contribution in [3.63, 3.8) is 0 Å². The molecule has 0 aromatic rings. The molecule has 0 aliphatic carbocycles. The first-order valence-corrected chi connectivity index (χ1v) is 4.75. The van der Waals surface area contributed by atoms with Crippen molar-refractivity contribution in [1.82, 2.24) is 0 Å². The van der Waals surface area contributed by atoms with E-state index in [9.17, 15) is 23.1 Å². The second-order valence-corrected chi connectivity index (χ2v) is 4.00. The van der Waals surface area contributed by atoms with E-state index < -0.39 is 23.7 Å². The van der Waals surface area contributed by atoms with E-state index in [4.69, 9.17) is 5.11 Å². The highest BCUT2D eigenvalue weighted by Gasteiger charge is 2.64. The van der Waals surface area contributed by atoms with E-state index in [0.29, 0.717) is 0 Å². The van der Waals surface area contributed by atoms with Gasteiger partial charge in [-0.15, -0.1) is 0 Å². The van der Waals surface area contributed by atoms with E-state index in [1.807, 2.05) is 0 Å². The van der Waals surface area contributed by atoms with Crippen LogP contribution in [0.4, 0.5) is 13.2 Å². The summed E-state index contributed by atoms with van der Waals surface area (Å²) in [5.74, 6) is -3.96. The number of rotatable bonds is 4. The lowest BCUT2D eigenvalue weighted by Crippen LogP contribution is -2.57. The Bertz CT molecular complexity index is 277. The summed E-state index contributed by atoms with van der Waals surface area (Å²) in [5, 5.41) is 17.7. The second-order valence-electron chi connectivity index (χ2n) is 2.98. The maximum atomic E-state index is 12.5. The molecule has 0 aliphatic heterocycles. The van der Waals surface area contributed by atoms with Crippen molar-refractivity contribution < 1.29 is 28.2 Å². The third kappa shape index (κ3) is 2.52. The molecule has 0 fully saturated rings. The summed E-state index contributed by atoms with van der Waals surface area (Å²) in [5.41, 5.74) is -3.80. The Morgan fingerprint density at radius 3 is 2.00 bits per heavy atom. The van der Waals surface area contributed by atoms with Gasteiger partial charge >= 0.3 is 12.1 Å². The molecule has 0 heterocycles. The largest absolute Gasteiger partial charge is 0.479 e. The first kappa shape index (κ1) is 14.4. The number of aliphatic carboxylic acids is 1. The molecule has 0 radical (unpaired) electrons. The quantitative estimate of drug-likeness (QED) is 0.835. The molecule has 0 spiro atoms. The summed E-state index contributed by atoms with van der Waals surface area (Å²) >= 11 is 2.68. The lowest BCUT2D eigenvalue weighted by Gasteiger charge is -2.33. The number of alkyl halides is 3. The summed E-state index contributed by atoms with van der Waals surface area (Å²) in [7, 11) is 0. The third-order valence-electron chi connectivity index (χ3n) is 2.05. The van der Waals surface area contributed by atoms with Gasteiger partial charge in [-0.2, -0.15) is 13.2 Å². The van der Waals surface area contributed by atoms with Crippen molar-refractivity contribution in [1.29, 1.82) is 0 Å². The fourth-order valence-corrected chi connectivity index (χ4v) is 1.87. The predicted molar refractivity (Wildman–Crippen MR) is 50.5 cm³/mol. The van der Waals surface area contributed by atoms with Crippen LogP contribution in [0.3, 0.4) is 0 Å². The summed E-state index contributed by atoms with van der Waals surface area (Å²) in [6.45, 7) is 4.51. The van der Waals surface area contributed by atoms with Crippen LogP contribution >= 0.6 is 15.9 Å². The highest BCUT2D eigenvalue weighted by molar-refractivity contribution is 9.11. The first-order valence-electron chi connectivity index (χ1n) is 3.95. The Labute approximate surface area is 92.7 Å². The minimum absolute atomic E-state index is 0.202. The number of halogens is 4.